The van der Waals surface area contributed by atoms with Gasteiger partial charge >= 0.3 is 0 Å². The van der Waals surface area contributed by atoms with Crippen LogP contribution in [0.4, 0.5) is 5.69 Å². The third-order valence-corrected chi connectivity index (χ3v) is 3.01. The highest BCUT2D eigenvalue weighted by Gasteiger charge is 2.04. The first-order chi connectivity index (χ1) is 9.65. The summed E-state index contributed by atoms with van der Waals surface area (Å²) in [5.41, 5.74) is 3.35. The third-order valence-electron chi connectivity index (χ3n) is 3.01. The van der Waals surface area contributed by atoms with E-state index in [4.69, 9.17) is 4.74 Å². The summed E-state index contributed by atoms with van der Waals surface area (Å²) in [6, 6.07) is 6.08. The topological polar surface area (TPSA) is 62.4 Å². The first-order valence-corrected chi connectivity index (χ1v) is 6.91. The van der Waals surface area contributed by atoms with Crippen LogP contribution in [0.2, 0.25) is 0 Å². The fourth-order valence-corrected chi connectivity index (χ4v) is 1.91. The van der Waals surface area contributed by atoms with E-state index >= 15 is 0 Å². The molecule has 0 unspecified atom stereocenters. The first-order valence-electron chi connectivity index (χ1n) is 6.91. The van der Waals surface area contributed by atoms with Crippen molar-refractivity contribution in [3.63, 3.8) is 0 Å². The number of anilines is 1. The van der Waals surface area contributed by atoms with Crippen LogP contribution in [0.25, 0.3) is 0 Å². The largest absolute Gasteiger partial charge is 0.383 e. The maximum absolute atomic E-state index is 11.7. The Kier molecular flexibility index (Phi) is 7.69. The number of methoxy groups -OCH3 is 1. The zero-order valence-electron chi connectivity index (χ0n) is 12.6. The molecule has 20 heavy (non-hydrogen) atoms. The number of amides is 1. The average Bonchev–Trinajstić information content (AvgIpc) is 2.42. The van der Waals surface area contributed by atoms with Gasteiger partial charge in [0.05, 0.1) is 13.2 Å². The molecule has 3 N–H and O–H groups in total. The van der Waals surface area contributed by atoms with Crippen LogP contribution in [-0.4, -0.2) is 45.8 Å². The number of hydrogen-bond acceptors (Lipinski definition) is 4. The molecule has 0 radical (unpaired) electrons. The van der Waals surface area contributed by atoms with Crippen molar-refractivity contribution < 1.29 is 9.53 Å². The smallest absolute Gasteiger partial charge is 0.239 e. The summed E-state index contributed by atoms with van der Waals surface area (Å²) in [6.07, 6.45) is 0. The van der Waals surface area contributed by atoms with E-state index in [1.165, 1.54) is 0 Å². The lowest BCUT2D eigenvalue weighted by atomic mass is 10.1. The van der Waals surface area contributed by atoms with Crippen LogP contribution >= 0.6 is 0 Å². The second-order valence-corrected chi connectivity index (χ2v) is 4.71. The molecular formula is C15H25N3O2. The van der Waals surface area contributed by atoms with E-state index < -0.39 is 0 Å². The maximum atomic E-state index is 11.7. The molecule has 5 nitrogen and oxygen atoms in total. The first kappa shape index (κ1) is 16.5. The highest BCUT2D eigenvalue weighted by Crippen LogP contribution is 2.18. The minimum absolute atomic E-state index is 0.00111. The Bertz CT molecular complexity index is 401. The van der Waals surface area contributed by atoms with Gasteiger partial charge in [-0.25, -0.2) is 0 Å². The quantitative estimate of drug-likeness (QED) is 0.592. The van der Waals surface area contributed by atoms with Gasteiger partial charge in [-0.1, -0.05) is 18.2 Å². The van der Waals surface area contributed by atoms with Gasteiger partial charge in [0.1, 0.15) is 0 Å². The minimum atomic E-state index is 0.00111. The molecule has 0 bridgehead atoms. The third kappa shape index (κ3) is 6.04. The van der Waals surface area contributed by atoms with E-state index in [0.717, 1.165) is 29.9 Å². The van der Waals surface area contributed by atoms with Crippen molar-refractivity contribution in [1.29, 1.82) is 0 Å². The van der Waals surface area contributed by atoms with Gasteiger partial charge in [0.25, 0.3) is 0 Å². The van der Waals surface area contributed by atoms with Crippen LogP contribution in [0.3, 0.4) is 0 Å². The number of rotatable bonds is 9. The molecular weight excluding hydrogens is 254 g/mol. The van der Waals surface area contributed by atoms with Crippen molar-refractivity contribution in [2.45, 2.75) is 13.8 Å². The Balaban J connectivity index is 2.20. The molecule has 0 aliphatic heterocycles. The summed E-state index contributed by atoms with van der Waals surface area (Å²) >= 11 is 0. The number of hydrogen-bond donors (Lipinski definition) is 3. The van der Waals surface area contributed by atoms with Crippen molar-refractivity contribution in [3.05, 3.63) is 29.3 Å². The molecule has 0 aliphatic rings. The number of benzene rings is 1. The Labute approximate surface area is 121 Å². The van der Waals surface area contributed by atoms with E-state index in [-0.39, 0.29) is 5.91 Å². The number of para-hydroxylation sites is 1. The number of ether oxygens (including phenoxy) is 1. The van der Waals surface area contributed by atoms with Crippen molar-refractivity contribution in [2.75, 3.05) is 45.2 Å². The molecule has 0 fully saturated rings. The Hall–Kier alpha value is -1.59. The van der Waals surface area contributed by atoms with Crippen molar-refractivity contribution in [3.8, 4) is 0 Å². The second kappa shape index (κ2) is 9.34. The Morgan fingerprint density at radius 2 is 1.85 bits per heavy atom. The molecule has 0 aromatic heterocycles. The lowest BCUT2D eigenvalue weighted by molar-refractivity contribution is -0.119. The Morgan fingerprint density at radius 1 is 1.15 bits per heavy atom. The van der Waals surface area contributed by atoms with Crippen LogP contribution in [0.1, 0.15) is 11.1 Å². The van der Waals surface area contributed by atoms with Gasteiger partial charge in [0.2, 0.25) is 5.91 Å². The highest BCUT2D eigenvalue weighted by molar-refractivity contribution is 5.81. The molecule has 1 aromatic rings. The molecule has 0 aliphatic carbocycles. The van der Waals surface area contributed by atoms with Crippen molar-refractivity contribution in [1.82, 2.24) is 10.6 Å². The summed E-state index contributed by atoms with van der Waals surface area (Å²) in [5, 5.41) is 9.23. The van der Waals surface area contributed by atoms with Gasteiger partial charge in [0, 0.05) is 32.4 Å². The minimum Gasteiger partial charge on any atom is -0.383 e. The van der Waals surface area contributed by atoms with Gasteiger partial charge in [-0.15, -0.1) is 0 Å². The lowest BCUT2D eigenvalue weighted by Gasteiger charge is -2.12. The van der Waals surface area contributed by atoms with E-state index in [1.807, 2.05) is 32.0 Å². The van der Waals surface area contributed by atoms with Gasteiger partial charge in [-0.05, 0) is 25.0 Å². The van der Waals surface area contributed by atoms with Crippen molar-refractivity contribution >= 4 is 11.6 Å². The van der Waals surface area contributed by atoms with Crippen LogP contribution in [-0.2, 0) is 9.53 Å². The van der Waals surface area contributed by atoms with E-state index in [0.29, 0.717) is 19.7 Å². The van der Waals surface area contributed by atoms with E-state index in [9.17, 15) is 4.79 Å². The number of nitrogens with one attached hydrogen (secondary N) is 3. The van der Waals surface area contributed by atoms with Crippen molar-refractivity contribution in [2.24, 2.45) is 0 Å². The van der Waals surface area contributed by atoms with Crippen LogP contribution in [0, 0.1) is 13.8 Å². The van der Waals surface area contributed by atoms with E-state index in [1.54, 1.807) is 7.11 Å². The van der Waals surface area contributed by atoms with Gasteiger partial charge in [0.15, 0.2) is 0 Å². The fraction of sp³-hybridized carbons (Fsp3) is 0.533. The van der Waals surface area contributed by atoms with Gasteiger partial charge in [-0.3, -0.25) is 4.79 Å². The second-order valence-electron chi connectivity index (χ2n) is 4.71. The standard InChI is InChI=1S/C15H25N3O2/c1-12-5-4-6-13(2)15(12)18-11-14(19)17-8-7-16-9-10-20-3/h4-6,16,18H,7-11H2,1-3H3,(H,17,19). The summed E-state index contributed by atoms with van der Waals surface area (Å²) < 4.78 is 4.92. The molecule has 0 saturated carbocycles. The SMILES string of the molecule is COCCNCCNC(=O)CNc1c(C)cccc1C. The van der Waals surface area contributed by atoms with E-state index in [2.05, 4.69) is 16.0 Å². The fourth-order valence-electron chi connectivity index (χ4n) is 1.91. The monoisotopic (exact) mass is 279 g/mol. The van der Waals surface area contributed by atoms with Gasteiger partial charge < -0.3 is 20.7 Å². The predicted molar refractivity (Wildman–Crippen MR) is 82.2 cm³/mol. The molecule has 1 rings (SSSR count). The van der Waals surface area contributed by atoms with Crippen LogP contribution in [0.15, 0.2) is 18.2 Å². The maximum Gasteiger partial charge on any atom is 0.239 e. The lowest BCUT2D eigenvalue weighted by Crippen LogP contribution is -2.36. The highest BCUT2D eigenvalue weighted by atomic mass is 16.5. The normalized spacial score (nSPS) is 10.3. The van der Waals surface area contributed by atoms with Crippen LogP contribution < -0.4 is 16.0 Å². The molecule has 0 atom stereocenters. The summed E-state index contributed by atoms with van der Waals surface area (Å²) in [6.45, 7) is 7.22. The molecule has 0 spiro atoms. The number of carbonyl (C=O) groups is 1. The molecule has 0 saturated heterocycles. The summed E-state index contributed by atoms with van der Waals surface area (Å²) in [4.78, 5) is 11.7. The zero-order valence-corrected chi connectivity index (χ0v) is 12.6. The molecule has 5 heteroatoms. The Morgan fingerprint density at radius 3 is 2.50 bits per heavy atom. The molecule has 1 aromatic carbocycles. The predicted octanol–water partition coefficient (Wildman–Crippen LogP) is 1.07. The number of aryl methyl sites for hydroxylation is 2. The average molecular weight is 279 g/mol. The van der Waals surface area contributed by atoms with Gasteiger partial charge in [-0.2, -0.15) is 0 Å². The van der Waals surface area contributed by atoms with Crippen LogP contribution in [0.5, 0.6) is 0 Å². The zero-order chi connectivity index (χ0) is 14.8. The molecule has 1 amide bonds. The number of carbonyl (C=O) groups excluding carboxylic acids is 1. The molecule has 112 valence electrons. The summed E-state index contributed by atoms with van der Waals surface area (Å²) in [7, 11) is 1.67. The molecule has 0 heterocycles. The summed E-state index contributed by atoms with van der Waals surface area (Å²) in [5.74, 6) is 0.00111.